The Morgan fingerprint density at radius 2 is 2.24 bits per heavy atom. The van der Waals surface area contributed by atoms with Crippen molar-refractivity contribution >= 4 is 11.6 Å². The number of rotatable bonds is 2. The van der Waals surface area contributed by atoms with Gasteiger partial charge in [-0.05, 0) is 18.2 Å². The van der Waals surface area contributed by atoms with Crippen LogP contribution < -0.4 is 0 Å². The molecule has 6 nitrogen and oxygen atoms in total. The molecule has 0 amide bonds. The first-order valence-corrected chi connectivity index (χ1v) is 6.88. The van der Waals surface area contributed by atoms with E-state index in [1.54, 1.807) is 13.4 Å². The van der Waals surface area contributed by atoms with Gasteiger partial charge in [-0.15, -0.1) is 0 Å². The molecule has 0 N–H and O–H groups in total. The first-order valence-electron chi connectivity index (χ1n) is 6.50. The molecule has 0 bridgehead atoms. The Hall–Kier alpha value is -2.18. The van der Waals surface area contributed by atoms with Crippen molar-refractivity contribution in [1.29, 1.82) is 0 Å². The summed E-state index contributed by atoms with van der Waals surface area (Å²) >= 11 is 6.19. The Morgan fingerprint density at radius 3 is 3.10 bits per heavy atom. The molecule has 2 aromatic heterocycles. The maximum absolute atomic E-state index is 6.19. The fourth-order valence-corrected chi connectivity index (χ4v) is 2.85. The van der Waals surface area contributed by atoms with Crippen molar-refractivity contribution in [3.63, 3.8) is 0 Å². The highest BCUT2D eigenvalue weighted by Crippen LogP contribution is 2.33. The van der Waals surface area contributed by atoms with Crippen molar-refractivity contribution in [2.75, 3.05) is 7.11 Å². The molecule has 0 radical (unpaired) electrons. The van der Waals surface area contributed by atoms with E-state index < -0.39 is 0 Å². The predicted molar refractivity (Wildman–Crippen MR) is 77.4 cm³/mol. The Kier molecular flexibility index (Phi) is 2.80. The van der Waals surface area contributed by atoms with E-state index in [0.29, 0.717) is 18.2 Å². The van der Waals surface area contributed by atoms with Crippen LogP contribution in [0, 0.1) is 0 Å². The number of hydrogen-bond donors (Lipinski definition) is 0. The van der Waals surface area contributed by atoms with Crippen LogP contribution in [0.1, 0.15) is 11.5 Å². The largest absolute Gasteiger partial charge is 0.377 e. The number of benzene rings is 1. The monoisotopic (exact) mass is 301 g/mol. The summed E-state index contributed by atoms with van der Waals surface area (Å²) in [5.41, 5.74) is 2.95. The molecule has 0 fully saturated rings. The van der Waals surface area contributed by atoms with E-state index >= 15 is 0 Å². The minimum atomic E-state index is 0.432. The molecular weight excluding hydrogens is 290 g/mol. The molecular formula is C14H12ClN5O. The van der Waals surface area contributed by atoms with Gasteiger partial charge in [0.1, 0.15) is 18.8 Å². The van der Waals surface area contributed by atoms with Gasteiger partial charge in [0, 0.05) is 17.7 Å². The summed E-state index contributed by atoms with van der Waals surface area (Å²) in [6.45, 7) is 1.04. The van der Waals surface area contributed by atoms with Gasteiger partial charge in [-0.1, -0.05) is 11.6 Å². The van der Waals surface area contributed by atoms with E-state index in [9.17, 15) is 0 Å². The highest BCUT2D eigenvalue weighted by molar-refractivity contribution is 6.30. The first-order chi connectivity index (χ1) is 10.3. The molecule has 0 unspecified atom stereocenters. The van der Waals surface area contributed by atoms with Crippen molar-refractivity contribution in [2.24, 2.45) is 0 Å². The molecule has 0 spiro atoms. The first kappa shape index (κ1) is 12.6. The molecule has 7 heteroatoms. The maximum Gasteiger partial charge on any atom is 0.160 e. The molecule has 0 aliphatic carbocycles. The lowest BCUT2D eigenvalue weighted by atomic mass is 10.1. The molecule has 21 heavy (non-hydrogen) atoms. The van der Waals surface area contributed by atoms with Crippen LogP contribution in [0.3, 0.4) is 0 Å². The third-order valence-corrected chi connectivity index (χ3v) is 3.79. The van der Waals surface area contributed by atoms with Gasteiger partial charge in [-0.25, -0.2) is 14.6 Å². The van der Waals surface area contributed by atoms with E-state index in [1.165, 1.54) is 0 Å². The van der Waals surface area contributed by atoms with E-state index in [2.05, 4.69) is 19.6 Å². The van der Waals surface area contributed by atoms with Gasteiger partial charge in [0.25, 0.3) is 0 Å². The topological polar surface area (TPSA) is 57.8 Å². The molecule has 106 valence electrons. The van der Waals surface area contributed by atoms with Crippen LogP contribution in [-0.2, 0) is 17.9 Å². The third kappa shape index (κ3) is 1.87. The zero-order valence-corrected chi connectivity index (χ0v) is 12.1. The summed E-state index contributed by atoms with van der Waals surface area (Å²) in [5.74, 6) is 1.66. The molecule has 0 saturated carbocycles. The van der Waals surface area contributed by atoms with Gasteiger partial charge in [-0.3, -0.25) is 4.57 Å². The quantitative estimate of drug-likeness (QED) is 0.570. The van der Waals surface area contributed by atoms with Crippen LogP contribution in [0.2, 0.25) is 5.02 Å². The molecule has 3 aromatic rings. The Morgan fingerprint density at radius 1 is 1.33 bits per heavy atom. The number of methoxy groups -OCH3 is 1. The zero-order valence-electron chi connectivity index (χ0n) is 11.3. The lowest BCUT2D eigenvalue weighted by molar-refractivity contribution is 0.176. The van der Waals surface area contributed by atoms with Crippen molar-refractivity contribution in [3.05, 3.63) is 47.3 Å². The molecule has 0 saturated heterocycles. The molecule has 1 aliphatic rings. The predicted octanol–water partition coefficient (Wildman–Crippen LogP) is 2.29. The van der Waals surface area contributed by atoms with Crippen LogP contribution in [0.5, 0.6) is 0 Å². The van der Waals surface area contributed by atoms with Crippen molar-refractivity contribution in [2.45, 2.75) is 13.2 Å². The van der Waals surface area contributed by atoms with Crippen LogP contribution in [0.15, 0.2) is 30.7 Å². The van der Waals surface area contributed by atoms with Crippen LogP contribution in [0.4, 0.5) is 0 Å². The summed E-state index contributed by atoms with van der Waals surface area (Å²) in [4.78, 5) is 8.82. The summed E-state index contributed by atoms with van der Waals surface area (Å²) < 4.78 is 9.18. The minimum absolute atomic E-state index is 0.432. The fraction of sp³-hybridized carbons (Fsp3) is 0.214. The summed E-state index contributed by atoms with van der Waals surface area (Å²) in [6, 6.07) is 5.74. The van der Waals surface area contributed by atoms with E-state index in [-0.39, 0.29) is 0 Å². The Bertz CT molecular complexity index is 823. The van der Waals surface area contributed by atoms with E-state index in [0.717, 1.165) is 28.6 Å². The number of nitrogens with zero attached hydrogens (tertiary/aromatic N) is 5. The summed E-state index contributed by atoms with van der Waals surface area (Å²) in [5, 5.41) is 4.96. The third-order valence-electron chi connectivity index (χ3n) is 3.55. The van der Waals surface area contributed by atoms with Gasteiger partial charge in [0.05, 0.1) is 24.1 Å². The second kappa shape index (κ2) is 4.68. The Balaban J connectivity index is 2.05. The number of aromatic nitrogens is 5. The maximum atomic E-state index is 6.19. The fourth-order valence-electron chi connectivity index (χ4n) is 2.69. The highest BCUT2D eigenvalue weighted by atomic mass is 35.5. The molecule has 4 rings (SSSR count). The normalized spacial score (nSPS) is 12.5. The lowest BCUT2D eigenvalue weighted by Gasteiger charge is -2.12. The van der Waals surface area contributed by atoms with E-state index in [4.69, 9.17) is 16.3 Å². The van der Waals surface area contributed by atoms with Gasteiger partial charge in [0.2, 0.25) is 0 Å². The van der Waals surface area contributed by atoms with Crippen LogP contribution in [-0.4, -0.2) is 31.4 Å². The molecule has 1 aliphatic heterocycles. The highest BCUT2D eigenvalue weighted by Gasteiger charge is 2.23. The number of ether oxygens (including phenoxy) is 1. The van der Waals surface area contributed by atoms with Crippen LogP contribution in [0.25, 0.3) is 17.1 Å². The standard InChI is InChI=1S/C14H12ClN5O/c1-21-7-13-16-5-10-6-19-14(17-8-18-19)11-3-2-9(15)4-12(11)20(10)13/h2-5,8H,6-7H2,1H3. The smallest absolute Gasteiger partial charge is 0.160 e. The number of halogens is 1. The lowest BCUT2D eigenvalue weighted by Crippen LogP contribution is -2.07. The average molecular weight is 302 g/mol. The Labute approximate surface area is 126 Å². The number of fused-ring (bicyclic) bond motifs is 5. The zero-order chi connectivity index (χ0) is 14.4. The molecule has 3 heterocycles. The second-order valence-electron chi connectivity index (χ2n) is 4.84. The second-order valence-corrected chi connectivity index (χ2v) is 5.27. The van der Waals surface area contributed by atoms with Gasteiger partial charge >= 0.3 is 0 Å². The number of imidazole rings is 1. The molecule has 1 aromatic carbocycles. The van der Waals surface area contributed by atoms with Gasteiger partial charge in [0.15, 0.2) is 5.82 Å². The van der Waals surface area contributed by atoms with E-state index in [1.807, 2.05) is 29.1 Å². The van der Waals surface area contributed by atoms with Crippen molar-refractivity contribution in [3.8, 4) is 17.1 Å². The molecule has 0 atom stereocenters. The summed E-state index contributed by atoms with van der Waals surface area (Å²) in [6.07, 6.45) is 3.41. The minimum Gasteiger partial charge on any atom is -0.377 e. The van der Waals surface area contributed by atoms with Crippen LogP contribution >= 0.6 is 11.6 Å². The van der Waals surface area contributed by atoms with Gasteiger partial charge in [-0.2, -0.15) is 5.10 Å². The average Bonchev–Trinajstić information content (AvgIpc) is 3.05. The van der Waals surface area contributed by atoms with Crippen molar-refractivity contribution in [1.82, 2.24) is 24.3 Å². The number of hydrogen-bond acceptors (Lipinski definition) is 4. The van der Waals surface area contributed by atoms with Gasteiger partial charge < -0.3 is 4.74 Å². The van der Waals surface area contributed by atoms with Crippen molar-refractivity contribution < 1.29 is 4.74 Å². The SMILES string of the molecule is COCc1ncc2n1-c1cc(Cl)ccc1-c1ncnn1C2. The summed E-state index contributed by atoms with van der Waals surface area (Å²) in [7, 11) is 1.66.